The lowest BCUT2D eigenvalue weighted by molar-refractivity contribution is 0.318. The molecule has 2 N–H and O–H groups in total. The van der Waals surface area contributed by atoms with Crippen LogP contribution >= 0.6 is 11.6 Å². The lowest BCUT2D eigenvalue weighted by Gasteiger charge is -2.20. The van der Waals surface area contributed by atoms with E-state index in [1.807, 2.05) is 26.0 Å². The number of hydrogen-bond donors (Lipinski definition) is 1. The van der Waals surface area contributed by atoms with Gasteiger partial charge in [-0.3, -0.25) is 0 Å². The summed E-state index contributed by atoms with van der Waals surface area (Å²) in [5.41, 5.74) is 6.79. The summed E-state index contributed by atoms with van der Waals surface area (Å²) in [5.74, 6) is 1.99. The van der Waals surface area contributed by atoms with E-state index < -0.39 is 0 Å². The summed E-state index contributed by atoms with van der Waals surface area (Å²) in [7, 11) is 0. The smallest absolute Gasteiger partial charge is 0.141 e. The van der Waals surface area contributed by atoms with Gasteiger partial charge in [0.15, 0.2) is 0 Å². The highest BCUT2D eigenvalue weighted by Gasteiger charge is 2.18. The molecule has 1 aromatic carbocycles. The highest BCUT2D eigenvalue weighted by Crippen LogP contribution is 2.39. The summed E-state index contributed by atoms with van der Waals surface area (Å²) in [5, 5.41) is 0.650. The molecular weight excluding hydrogens is 274 g/mol. The van der Waals surface area contributed by atoms with Gasteiger partial charge in [0.1, 0.15) is 11.5 Å². The van der Waals surface area contributed by atoms with Gasteiger partial charge < -0.3 is 15.2 Å². The van der Waals surface area contributed by atoms with Crippen LogP contribution in [0.5, 0.6) is 11.5 Å². The second-order valence-electron chi connectivity index (χ2n) is 4.72. The molecule has 0 saturated heterocycles. The molecular formula is C16H26ClNO2. The maximum Gasteiger partial charge on any atom is 0.141 e. The summed E-state index contributed by atoms with van der Waals surface area (Å²) < 4.78 is 11.3. The van der Waals surface area contributed by atoms with Gasteiger partial charge in [0.2, 0.25) is 0 Å². The molecule has 0 radical (unpaired) electrons. The predicted molar refractivity (Wildman–Crippen MR) is 85.1 cm³/mol. The Balaban J connectivity index is 3.10. The summed E-state index contributed by atoms with van der Waals surface area (Å²) in [4.78, 5) is 0. The molecule has 0 fully saturated rings. The molecule has 0 bridgehead atoms. The van der Waals surface area contributed by atoms with E-state index in [4.69, 9.17) is 26.8 Å². The van der Waals surface area contributed by atoms with Gasteiger partial charge in [-0.1, -0.05) is 18.5 Å². The second-order valence-corrected chi connectivity index (χ2v) is 5.13. The highest BCUT2D eigenvalue weighted by molar-refractivity contribution is 6.32. The Morgan fingerprint density at radius 3 is 2.30 bits per heavy atom. The first-order valence-corrected chi connectivity index (χ1v) is 7.84. The number of ether oxygens (including phenoxy) is 2. The van der Waals surface area contributed by atoms with Crippen LogP contribution in [0.15, 0.2) is 12.1 Å². The van der Waals surface area contributed by atoms with E-state index in [1.165, 1.54) is 0 Å². The third-order valence-corrected chi connectivity index (χ3v) is 3.65. The number of hydrogen-bond acceptors (Lipinski definition) is 3. The van der Waals surface area contributed by atoms with E-state index in [2.05, 4.69) is 6.92 Å². The van der Waals surface area contributed by atoms with Crippen molar-refractivity contribution in [2.75, 3.05) is 19.8 Å². The summed E-state index contributed by atoms with van der Waals surface area (Å²) in [6.45, 7) is 8.05. The first-order chi connectivity index (χ1) is 9.67. The fourth-order valence-electron chi connectivity index (χ4n) is 2.36. The van der Waals surface area contributed by atoms with Crippen LogP contribution in [-0.2, 0) is 0 Å². The number of benzene rings is 1. The van der Waals surface area contributed by atoms with Crippen LogP contribution in [0.1, 0.15) is 51.5 Å². The highest BCUT2D eigenvalue weighted by atomic mass is 35.5. The fraction of sp³-hybridized carbons (Fsp3) is 0.625. The first kappa shape index (κ1) is 17.1. The van der Waals surface area contributed by atoms with Gasteiger partial charge in [-0.05, 0) is 57.2 Å². The van der Waals surface area contributed by atoms with E-state index in [0.717, 1.165) is 30.6 Å². The number of halogens is 1. The Kier molecular flexibility index (Phi) is 7.78. The predicted octanol–water partition coefficient (Wildman–Crippen LogP) is 4.37. The van der Waals surface area contributed by atoms with Gasteiger partial charge in [0.25, 0.3) is 0 Å². The van der Waals surface area contributed by atoms with E-state index >= 15 is 0 Å². The lowest BCUT2D eigenvalue weighted by atomic mass is 9.91. The molecule has 114 valence electrons. The van der Waals surface area contributed by atoms with Crippen molar-refractivity contribution in [3.8, 4) is 11.5 Å². The molecule has 3 nitrogen and oxygen atoms in total. The molecule has 20 heavy (non-hydrogen) atoms. The van der Waals surface area contributed by atoms with Crippen LogP contribution < -0.4 is 15.2 Å². The normalized spacial score (nSPS) is 12.2. The van der Waals surface area contributed by atoms with Crippen LogP contribution in [0.3, 0.4) is 0 Å². The topological polar surface area (TPSA) is 44.5 Å². The Bertz CT molecular complexity index is 410. The fourth-order valence-corrected chi connectivity index (χ4v) is 2.59. The molecule has 0 aliphatic rings. The Labute approximate surface area is 127 Å². The van der Waals surface area contributed by atoms with Crippen molar-refractivity contribution in [2.45, 2.75) is 46.0 Å². The van der Waals surface area contributed by atoms with Crippen molar-refractivity contribution in [3.05, 3.63) is 22.7 Å². The molecule has 1 atom stereocenters. The zero-order chi connectivity index (χ0) is 15.0. The minimum Gasteiger partial charge on any atom is -0.493 e. The molecule has 1 aromatic rings. The van der Waals surface area contributed by atoms with Crippen LogP contribution in [0.25, 0.3) is 0 Å². The quantitative estimate of drug-likeness (QED) is 0.736. The summed E-state index contributed by atoms with van der Waals surface area (Å²) in [6.07, 6.45) is 3.11. The molecule has 0 saturated carbocycles. The summed E-state index contributed by atoms with van der Waals surface area (Å²) >= 11 is 6.31. The van der Waals surface area contributed by atoms with Crippen LogP contribution in [0.4, 0.5) is 0 Å². The standard InChI is InChI=1S/C16H26ClNO2/c1-4-12(8-7-9-18)13-10-14(17)16(20-6-3)11-15(13)19-5-2/h10-12H,4-9,18H2,1-3H3. The zero-order valence-electron chi connectivity index (χ0n) is 12.7. The summed E-state index contributed by atoms with van der Waals surface area (Å²) in [6, 6.07) is 3.90. The SMILES string of the molecule is CCOc1cc(OCC)c(C(CC)CCCN)cc1Cl. The molecule has 0 amide bonds. The molecule has 1 unspecified atom stereocenters. The third kappa shape index (κ3) is 4.57. The maximum absolute atomic E-state index is 6.31. The van der Waals surface area contributed by atoms with Crippen LogP contribution in [0, 0.1) is 0 Å². The van der Waals surface area contributed by atoms with Crippen molar-refractivity contribution in [1.29, 1.82) is 0 Å². The van der Waals surface area contributed by atoms with E-state index in [0.29, 0.717) is 36.4 Å². The van der Waals surface area contributed by atoms with E-state index in [9.17, 15) is 0 Å². The van der Waals surface area contributed by atoms with Crippen molar-refractivity contribution in [2.24, 2.45) is 5.73 Å². The Morgan fingerprint density at radius 1 is 1.10 bits per heavy atom. The van der Waals surface area contributed by atoms with Gasteiger partial charge in [0.05, 0.1) is 18.2 Å². The van der Waals surface area contributed by atoms with Gasteiger partial charge in [-0.25, -0.2) is 0 Å². The molecule has 4 heteroatoms. The monoisotopic (exact) mass is 299 g/mol. The average Bonchev–Trinajstić information content (AvgIpc) is 2.44. The maximum atomic E-state index is 6.31. The van der Waals surface area contributed by atoms with E-state index in [1.54, 1.807) is 0 Å². The van der Waals surface area contributed by atoms with Crippen molar-refractivity contribution in [1.82, 2.24) is 0 Å². The van der Waals surface area contributed by atoms with Gasteiger partial charge in [-0.15, -0.1) is 0 Å². The molecule has 0 spiro atoms. The number of nitrogens with two attached hydrogens (primary N) is 1. The van der Waals surface area contributed by atoms with Crippen molar-refractivity contribution in [3.63, 3.8) is 0 Å². The second kappa shape index (κ2) is 9.09. The van der Waals surface area contributed by atoms with Gasteiger partial charge in [-0.2, -0.15) is 0 Å². The van der Waals surface area contributed by atoms with Gasteiger partial charge >= 0.3 is 0 Å². The molecule has 0 aliphatic carbocycles. The van der Waals surface area contributed by atoms with Crippen LogP contribution in [0.2, 0.25) is 5.02 Å². The molecule has 0 aromatic heterocycles. The molecule has 1 rings (SSSR count). The average molecular weight is 300 g/mol. The van der Waals surface area contributed by atoms with Crippen LogP contribution in [-0.4, -0.2) is 19.8 Å². The molecule has 0 aliphatic heterocycles. The number of rotatable bonds is 9. The Morgan fingerprint density at radius 2 is 1.75 bits per heavy atom. The van der Waals surface area contributed by atoms with Crippen molar-refractivity contribution >= 4 is 11.6 Å². The third-order valence-electron chi connectivity index (χ3n) is 3.35. The van der Waals surface area contributed by atoms with Crippen molar-refractivity contribution < 1.29 is 9.47 Å². The zero-order valence-corrected chi connectivity index (χ0v) is 13.5. The lowest BCUT2D eigenvalue weighted by Crippen LogP contribution is -2.07. The first-order valence-electron chi connectivity index (χ1n) is 7.46. The van der Waals surface area contributed by atoms with Gasteiger partial charge in [0, 0.05) is 6.07 Å². The molecule has 0 heterocycles. The Hall–Kier alpha value is -0.930. The van der Waals surface area contributed by atoms with E-state index in [-0.39, 0.29) is 0 Å². The minimum absolute atomic E-state index is 0.424. The minimum atomic E-state index is 0.424. The largest absolute Gasteiger partial charge is 0.493 e.